The van der Waals surface area contributed by atoms with E-state index in [-0.39, 0.29) is 40.3 Å². The van der Waals surface area contributed by atoms with Gasteiger partial charge in [-0.05, 0) is 215 Å². The van der Waals surface area contributed by atoms with Crippen LogP contribution >= 0.6 is 0 Å². The predicted molar refractivity (Wildman–Crippen MR) is 306 cm³/mol. The quantitative estimate of drug-likeness (QED) is 0.0820. The van der Waals surface area contributed by atoms with E-state index < -0.39 is 5.91 Å². The number of halogens is 4. The molecule has 0 saturated heterocycles. The van der Waals surface area contributed by atoms with Crippen molar-refractivity contribution < 1.29 is 46.1 Å². The number of primary amides is 1. The van der Waals surface area contributed by atoms with Crippen molar-refractivity contribution in [3.05, 3.63) is 281 Å². The number of rotatable bonds is 13. The van der Waals surface area contributed by atoms with Gasteiger partial charge in [-0.25, -0.2) is 32.5 Å². The first-order valence-corrected chi connectivity index (χ1v) is 25.2. The van der Waals surface area contributed by atoms with Crippen LogP contribution in [0.15, 0.2) is 230 Å². The average molecular weight is 1120 g/mol. The normalized spacial score (nSPS) is 10.3. The molecular weight excluding hydrogens is 1070 g/mol. The molecule has 14 nitrogen and oxygen atoms in total. The third-order valence-electron chi connectivity index (χ3n) is 11.5. The maximum atomic E-state index is 12.9. The van der Waals surface area contributed by atoms with E-state index in [1.54, 1.807) is 141 Å². The first-order chi connectivity index (χ1) is 40.1. The molecule has 0 aliphatic carbocycles. The lowest BCUT2D eigenvalue weighted by atomic mass is 10.1. The molecule has 3 heterocycles. The second-order valence-corrected chi connectivity index (χ2v) is 17.8. The monoisotopic (exact) mass is 1120 g/mol. The number of ether oxygens (including phenoxy) is 4. The number of Topliss-reactive ketones (excluding diaryl/α,β-unsaturated/α-hetero) is 1. The first kappa shape index (κ1) is 58.0. The van der Waals surface area contributed by atoms with Crippen LogP contribution in [0.1, 0.15) is 39.2 Å². The van der Waals surface area contributed by atoms with Crippen LogP contribution in [0.3, 0.4) is 0 Å². The molecule has 3 N–H and O–H groups in total. The van der Waals surface area contributed by atoms with Crippen molar-refractivity contribution in [1.29, 1.82) is 0 Å². The largest absolute Gasteiger partial charge is 0.457 e. The van der Waals surface area contributed by atoms with Gasteiger partial charge in [0.2, 0.25) is 0 Å². The molecule has 83 heavy (non-hydrogen) atoms. The first-order valence-electron chi connectivity index (χ1n) is 25.2. The van der Waals surface area contributed by atoms with Crippen LogP contribution in [0.2, 0.25) is 0 Å². The Kier molecular flexibility index (Phi) is 19.7. The summed E-state index contributed by atoms with van der Waals surface area (Å²) >= 11 is 0. The zero-order chi connectivity index (χ0) is 58.7. The summed E-state index contributed by atoms with van der Waals surface area (Å²) in [6, 6.07) is 51.9. The molecule has 0 aliphatic rings. The number of aryl methyl sites for hydroxylation is 2. The zero-order valence-electron chi connectivity index (χ0n) is 44.5. The van der Waals surface area contributed by atoms with Gasteiger partial charge in [0, 0.05) is 34.6 Å². The van der Waals surface area contributed by atoms with Crippen molar-refractivity contribution in [3.8, 4) is 79.8 Å². The van der Waals surface area contributed by atoms with Crippen LogP contribution in [0.25, 0.3) is 33.8 Å². The van der Waals surface area contributed by atoms with Gasteiger partial charge in [0.15, 0.2) is 5.78 Å². The van der Waals surface area contributed by atoms with Crippen molar-refractivity contribution >= 4 is 11.7 Å². The molecule has 0 unspecified atom stereocenters. The number of ketones is 1. The molecule has 8 aromatic carbocycles. The van der Waals surface area contributed by atoms with Crippen molar-refractivity contribution in [2.45, 2.75) is 20.8 Å². The van der Waals surface area contributed by atoms with Crippen molar-refractivity contribution in [3.63, 3.8) is 0 Å². The number of H-pyrrole nitrogens is 1. The number of amides is 1. The van der Waals surface area contributed by atoms with Gasteiger partial charge in [-0.15, -0.1) is 0 Å². The average Bonchev–Trinajstić information content (AvgIpc) is 3.50. The van der Waals surface area contributed by atoms with Crippen LogP contribution < -0.4 is 30.2 Å². The lowest BCUT2D eigenvalue weighted by Gasteiger charge is -2.07. The Hall–Kier alpha value is -11.1. The lowest BCUT2D eigenvalue weighted by molar-refractivity contribution is 0.0992. The Labute approximate surface area is 473 Å². The van der Waals surface area contributed by atoms with Crippen molar-refractivity contribution in [1.82, 2.24) is 29.9 Å². The van der Waals surface area contributed by atoms with E-state index >= 15 is 0 Å². The van der Waals surface area contributed by atoms with Gasteiger partial charge >= 0.3 is 0 Å². The summed E-state index contributed by atoms with van der Waals surface area (Å²) in [5, 5.41) is 0. The molecule has 0 atom stereocenters. The Morgan fingerprint density at radius 3 is 1.05 bits per heavy atom. The number of hydrogen-bond acceptors (Lipinski definition) is 12. The minimum atomic E-state index is -0.629. The Morgan fingerprint density at radius 1 is 0.410 bits per heavy atom. The van der Waals surface area contributed by atoms with Crippen LogP contribution in [-0.2, 0) is 0 Å². The molecule has 11 rings (SSSR count). The van der Waals surface area contributed by atoms with E-state index in [1.165, 1.54) is 61.7 Å². The molecule has 3 aromatic heterocycles. The number of nitrogens with two attached hydrogens (primary N) is 1. The Balaban J connectivity index is 0.000000145. The molecule has 1 amide bonds. The van der Waals surface area contributed by atoms with Crippen LogP contribution in [-0.4, -0.2) is 41.6 Å². The van der Waals surface area contributed by atoms with E-state index in [1.807, 2.05) is 43.3 Å². The van der Waals surface area contributed by atoms with Gasteiger partial charge < -0.3 is 29.7 Å². The third kappa shape index (κ3) is 17.7. The molecule has 414 valence electrons. The molecule has 0 saturated carbocycles. The zero-order valence-corrected chi connectivity index (χ0v) is 44.5. The smallest absolute Gasteiger partial charge is 0.269 e. The van der Waals surface area contributed by atoms with Gasteiger partial charge in [-0.1, -0.05) is 0 Å². The van der Waals surface area contributed by atoms with Gasteiger partial charge in [-0.2, -0.15) is 0 Å². The third-order valence-corrected chi connectivity index (χ3v) is 11.5. The number of aromatic amines is 1. The van der Waals surface area contributed by atoms with E-state index in [0.29, 0.717) is 68.6 Å². The van der Waals surface area contributed by atoms with Crippen molar-refractivity contribution in [2.75, 3.05) is 0 Å². The van der Waals surface area contributed by atoms with E-state index in [2.05, 4.69) is 29.9 Å². The van der Waals surface area contributed by atoms with Gasteiger partial charge in [-0.3, -0.25) is 24.4 Å². The Morgan fingerprint density at radius 2 is 0.723 bits per heavy atom. The predicted octanol–water partition coefficient (Wildman–Crippen LogP) is 15.1. The maximum absolute atomic E-state index is 12.9. The number of aromatic nitrogens is 6. The summed E-state index contributed by atoms with van der Waals surface area (Å²) in [6.07, 6.45) is 7.88. The standard InChI is InChI=1S/C17H12FN3O2.C17H13FN2O2.C17H13FN2O.C14H11FO2/c18-12-3-7-14(8-4-12)23-13-5-1-11(2-6-13)15-9-20-10-16(21-15)17(19)22;1-11-17(21)19-10-16(20-11)12-2-6-14(7-3-12)22-15-8-4-13(18)5-9-15;1-12-10-19-11-17(20-12)13-2-6-15(7-3-13)21-16-8-4-14(18)5-9-16;1-10(16)11-2-6-13(7-3-11)17-14-8-4-12(15)5-9-14/h1-10H,(H2,19,22);2-10H,1H3,(H,19,21);2-11H,1H3;2-9H,1H3. The molecule has 0 fully saturated rings. The summed E-state index contributed by atoms with van der Waals surface area (Å²) in [5.74, 6) is 2.96. The molecular formula is C65H49F4N7O7. The lowest BCUT2D eigenvalue weighted by Crippen LogP contribution is -2.13. The molecule has 0 aliphatic heterocycles. The van der Waals surface area contributed by atoms with Gasteiger partial charge in [0.1, 0.15) is 80.7 Å². The Bertz CT molecular complexity index is 3970. The molecule has 0 bridgehead atoms. The van der Waals surface area contributed by atoms with Crippen molar-refractivity contribution in [2.24, 2.45) is 5.73 Å². The fraction of sp³-hybridized carbons (Fsp3) is 0.0462. The number of hydrogen-bond donors (Lipinski definition) is 2. The molecule has 11 aromatic rings. The highest BCUT2D eigenvalue weighted by atomic mass is 19.1. The summed E-state index contributed by atoms with van der Waals surface area (Å²) < 4.78 is 73.6. The maximum Gasteiger partial charge on any atom is 0.269 e. The second kappa shape index (κ2) is 28.1. The highest BCUT2D eigenvalue weighted by molar-refractivity contribution is 5.94. The van der Waals surface area contributed by atoms with Crippen LogP contribution in [0.5, 0.6) is 46.0 Å². The van der Waals surface area contributed by atoms with Crippen LogP contribution in [0.4, 0.5) is 17.6 Å². The summed E-state index contributed by atoms with van der Waals surface area (Å²) in [4.78, 5) is 57.1. The topological polar surface area (TPSA) is 194 Å². The highest BCUT2D eigenvalue weighted by Crippen LogP contribution is 2.29. The number of carbonyl (C=O) groups excluding carboxylic acids is 2. The summed E-state index contributed by atoms with van der Waals surface area (Å²) in [5.41, 5.74) is 11.7. The van der Waals surface area contributed by atoms with E-state index in [9.17, 15) is 31.9 Å². The number of nitrogens with zero attached hydrogens (tertiary/aromatic N) is 5. The SMILES string of the molecule is CC(=O)c1ccc(Oc2ccc(F)cc2)cc1.Cc1cncc(-c2ccc(Oc3ccc(F)cc3)cc2)n1.Cc1nc(-c2ccc(Oc3ccc(F)cc3)cc2)c[nH]c1=O.NC(=O)c1cncc(-c2ccc(Oc3ccc(F)cc3)cc2)n1. The highest BCUT2D eigenvalue weighted by Gasteiger charge is 2.09. The number of benzene rings is 8. The number of carbonyl (C=O) groups is 2. The van der Waals surface area contributed by atoms with Crippen LogP contribution in [0, 0.1) is 37.1 Å². The van der Waals surface area contributed by atoms with Gasteiger partial charge in [0.25, 0.3) is 11.5 Å². The number of nitrogens with one attached hydrogen (secondary N) is 1. The van der Waals surface area contributed by atoms with Gasteiger partial charge in [0.05, 0.1) is 41.4 Å². The molecule has 0 radical (unpaired) electrons. The summed E-state index contributed by atoms with van der Waals surface area (Å²) in [7, 11) is 0. The fourth-order valence-corrected chi connectivity index (χ4v) is 7.27. The molecule has 0 spiro atoms. The minimum Gasteiger partial charge on any atom is -0.457 e. The van der Waals surface area contributed by atoms with E-state index in [4.69, 9.17) is 24.7 Å². The summed E-state index contributed by atoms with van der Waals surface area (Å²) in [6.45, 7) is 5.08. The van der Waals surface area contributed by atoms with E-state index in [0.717, 1.165) is 28.1 Å². The molecule has 18 heteroatoms. The minimum absolute atomic E-state index is 0.0123. The second-order valence-electron chi connectivity index (χ2n) is 17.8. The fourth-order valence-electron chi connectivity index (χ4n) is 7.27.